The van der Waals surface area contributed by atoms with Gasteiger partial charge in [-0.2, -0.15) is 4.98 Å². The monoisotopic (exact) mass is 287 g/mol. The molecule has 1 aromatic carbocycles. The molecule has 1 aromatic heterocycles. The van der Waals surface area contributed by atoms with Crippen LogP contribution >= 0.6 is 0 Å². The molecule has 2 aromatic rings. The quantitative estimate of drug-likeness (QED) is 0.864. The first-order valence-electron chi connectivity index (χ1n) is 6.91. The lowest BCUT2D eigenvalue weighted by Crippen LogP contribution is -2.25. The van der Waals surface area contributed by atoms with Crippen molar-refractivity contribution in [2.24, 2.45) is 0 Å². The zero-order valence-electron chi connectivity index (χ0n) is 12.1. The highest BCUT2D eigenvalue weighted by Crippen LogP contribution is 2.28. The highest BCUT2D eigenvalue weighted by Gasteiger charge is 2.29. The van der Waals surface area contributed by atoms with E-state index in [-0.39, 0.29) is 11.8 Å². The lowest BCUT2D eigenvalue weighted by molar-refractivity contribution is -0.127. The van der Waals surface area contributed by atoms with E-state index < -0.39 is 0 Å². The van der Waals surface area contributed by atoms with Gasteiger partial charge in [0, 0.05) is 25.6 Å². The largest absolute Gasteiger partial charge is 0.497 e. The molecule has 0 bridgehead atoms. The van der Waals surface area contributed by atoms with Gasteiger partial charge in [0.15, 0.2) is 0 Å². The van der Waals surface area contributed by atoms with Crippen molar-refractivity contribution in [3.63, 3.8) is 0 Å². The smallest absolute Gasteiger partial charge is 0.231 e. The lowest BCUT2D eigenvalue weighted by Gasteiger charge is -2.11. The highest BCUT2D eigenvalue weighted by atomic mass is 16.5. The standard InChI is InChI=1S/C15H17N3O3/c1-10(19)18-8-7-12(9-18)15-16-14(17-21-15)11-3-5-13(20-2)6-4-11/h3-6,12H,7-9H2,1-2H3. The summed E-state index contributed by atoms with van der Waals surface area (Å²) in [6.07, 6.45) is 0.865. The van der Waals surface area contributed by atoms with E-state index in [1.54, 1.807) is 14.0 Å². The molecule has 2 heterocycles. The van der Waals surface area contributed by atoms with Gasteiger partial charge >= 0.3 is 0 Å². The van der Waals surface area contributed by atoms with Crippen LogP contribution in [0.2, 0.25) is 0 Å². The molecule has 1 aliphatic rings. The summed E-state index contributed by atoms with van der Waals surface area (Å²) in [6.45, 7) is 2.98. The molecule has 110 valence electrons. The van der Waals surface area contributed by atoms with Crippen molar-refractivity contribution in [3.05, 3.63) is 30.2 Å². The number of ether oxygens (including phenoxy) is 1. The molecule has 1 aliphatic heterocycles. The summed E-state index contributed by atoms with van der Waals surface area (Å²) in [6, 6.07) is 7.50. The molecular formula is C15H17N3O3. The molecule has 0 N–H and O–H groups in total. The average molecular weight is 287 g/mol. The highest BCUT2D eigenvalue weighted by molar-refractivity contribution is 5.73. The van der Waals surface area contributed by atoms with Gasteiger partial charge in [-0.1, -0.05) is 5.16 Å². The Labute approximate surface area is 122 Å². The molecule has 21 heavy (non-hydrogen) atoms. The zero-order chi connectivity index (χ0) is 14.8. The normalized spacial score (nSPS) is 18.0. The topological polar surface area (TPSA) is 68.5 Å². The molecule has 1 fully saturated rings. The number of methoxy groups -OCH3 is 1. The molecule has 1 unspecified atom stereocenters. The fourth-order valence-corrected chi connectivity index (χ4v) is 2.51. The van der Waals surface area contributed by atoms with Crippen molar-refractivity contribution in [2.45, 2.75) is 19.3 Å². The van der Waals surface area contributed by atoms with Crippen molar-refractivity contribution in [2.75, 3.05) is 20.2 Å². The van der Waals surface area contributed by atoms with E-state index in [9.17, 15) is 4.79 Å². The maximum Gasteiger partial charge on any atom is 0.231 e. The predicted octanol–water partition coefficient (Wildman–Crippen LogP) is 2.08. The van der Waals surface area contributed by atoms with E-state index in [2.05, 4.69) is 10.1 Å². The van der Waals surface area contributed by atoms with Crippen LogP contribution in [0.4, 0.5) is 0 Å². The molecule has 6 heteroatoms. The number of hydrogen-bond donors (Lipinski definition) is 0. The molecule has 1 saturated heterocycles. The van der Waals surface area contributed by atoms with Crippen LogP contribution in [-0.4, -0.2) is 41.1 Å². The summed E-state index contributed by atoms with van der Waals surface area (Å²) in [4.78, 5) is 17.6. The third-order valence-electron chi connectivity index (χ3n) is 3.77. The third kappa shape index (κ3) is 2.74. The number of rotatable bonds is 3. The van der Waals surface area contributed by atoms with E-state index in [4.69, 9.17) is 9.26 Å². The Kier molecular flexibility index (Phi) is 3.60. The van der Waals surface area contributed by atoms with Crippen LogP contribution in [0.1, 0.15) is 25.2 Å². The van der Waals surface area contributed by atoms with Crippen molar-refractivity contribution >= 4 is 5.91 Å². The van der Waals surface area contributed by atoms with Gasteiger partial charge in [-0.05, 0) is 30.7 Å². The van der Waals surface area contributed by atoms with Crippen LogP contribution in [0, 0.1) is 0 Å². The number of aromatic nitrogens is 2. The molecular weight excluding hydrogens is 270 g/mol. The van der Waals surface area contributed by atoms with Crippen LogP contribution in [0.5, 0.6) is 5.75 Å². The summed E-state index contributed by atoms with van der Waals surface area (Å²) in [5.74, 6) is 2.18. The number of carbonyl (C=O) groups is 1. The lowest BCUT2D eigenvalue weighted by atomic mass is 10.1. The molecule has 3 rings (SSSR count). The van der Waals surface area contributed by atoms with Gasteiger partial charge in [-0.3, -0.25) is 4.79 Å². The second-order valence-corrected chi connectivity index (χ2v) is 5.14. The van der Waals surface area contributed by atoms with Crippen LogP contribution in [0.3, 0.4) is 0 Å². The summed E-state index contributed by atoms with van der Waals surface area (Å²) in [5.41, 5.74) is 0.882. The molecule has 1 amide bonds. The minimum Gasteiger partial charge on any atom is -0.497 e. The second-order valence-electron chi connectivity index (χ2n) is 5.14. The Bertz CT molecular complexity index is 636. The number of benzene rings is 1. The zero-order valence-corrected chi connectivity index (χ0v) is 12.1. The Morgan fingerprint density at radius 3 is 2.76 bits per heavy atom. The Morgan fingerprint density at radius 2 is 2.14 bits per heavy atom. The summed E-state index contributed by atoms with van der Waals surface area (Å²) in [5, 5.41) is 4.03. The van der Waals surface area contributed by atoms with Crippen LogP contribution in [0.15, 0.2) is 28.8 Å². The number of amides is 1. The van der Waals surface area contributed by atoms with Gasteiger partial charge in [0.25, 0.3) is 0 Å². The summed E-state index contributed by atoms with van der Waals surface area (Å²) < 4.78 is 10.5. The number of carbonyl (C=O) groups excluding carboxylic acids is 1. The maximum atomic E-state index is 11.4. The van der Waals surface area contributed by atoms with Gasteiger partial charge < -0.3 is 14.2 Å². The first kappa shape index (κ1) is 13.6. The maximum absolute atomic E-state index is 11.4. The molecule has 1 atom stereocenters. The van der Waals surface area contributed by atoms with Gasteiger partial charge in [-0.15, -0.1) is 0 Å². The van der Waals surface area contributed by atoms with Crippen LogP contribution < -0.4 is 4.74 Å². The van der Waals surface area contributed by atoms with Crippen molar-refractivity contribution < 1.29 is 14.1 Å². The SMILES string of the molecule is COc1ccc(-c2noc(C3CCN(C(C)=O)C3)n2)cc1. The molecule has 0 spiro atoms. The molecule has 6 nitrogen and oxygen atoms in total. The minimum atomic E-state index is 0.0902. The minimum absolute atomic E-state index is 0.0902. The van der Waals surface area contributed by atoms with E-state index in [1.807, 2.05) is 29.2 Å². The number of hydrogen-bond acceptors (Lipinski definition) is 5. The predicted molar refractivity (Wildman–Crippen MR) is 75.9 cm³/mol. The van der Waals surface area contributed by atoms with Crippen LogP contribution in [0.25, 0.3) is 11.4 Å². The van der Waals surface area contributed by atoms with Gasteiger partial charge in [0.05, 0.1) is 13.0 Å². The fourth-order valence-electron chi connectivity index (χ4n) is 2.51. The van der Waals surface area contributed by atoms with Gasteiger partial charge in [0.1, 0.15) is 5.75 Å². The fraction of sp³-hybridized carbons (Fsp3) is 0.400. The molecule has 0 radical (unpaired) electrons. The average Bonchev–Trinajstić information content (AvgIpc) is 3.16. The van der Waals surface area contributed by atoms with Crippen molar-refractivity contribution in [1.82, 2.24) is 15.0 Å². The Morgan fingerprint density at radius 1 is 1.38 bits per heavy atom. The number of likely N-dealkylation sites (tertiary alicyclic amines) is 1. The van der Waals surface area contributed by atoms with Crippen LogP contribution in [-0.2, 0) is 4.79 Å². The summed E-state index contributed by atoms with van der Waals surface area (Å²) >= 11 is 0. The number of nitrogens with zero attached hydrogens (tertiary/aromatic N) is 3. The first-order valence-corrected chi connectivity index (χ1v) is 6.91. The third-order valence-corrected chi connectivity index (χ3v) is 3.77. The Balaban J connectivity index is 1.75. The van der Waals surface area contributed by atoms with E-state index >= 15 is 0 Å². The summed E-state index contributed by atoms with van der Waals surface area (Å²) in [7, 11) is 1.63. The van der Waals surface area contributed by atoms with E-state index in [0.717, 1.165) is 24.3 Å². The van der Waals surface area contributed by atoms with E-state index in [1.165, 1.54) is 0 Å². The van der Waals surface area contributed by atoms with Gasteiger partial charge in [-0.25, -0.2) is 0 Å². The van der Waals surface area contributed by atoms with E-state index in [0.29, 0.717) is 18.3 Å². The van der Waals surface area contributed by atoms with Gasteiger partial charge in [0.2, 0.25) is 17.6 Å². The van der Waals surface area contributed by atoms with Crippen molar-refractivity contribution in [3.8, 4) is 17.1 Å². The molecule has 0 aliphatic carbocycles. The first-order chi connectivity index (χ1) is 10.2. The van der Waals surface area contributed by atoms with Crippen molar-refractivity contribution in [1.29, 1.82) is 0 Å². The molecule has 0 saturated carbocycles. The Hall–Kier alpha value is -2.37. The second kappa shape index (κ2) is 5.55.